The highest BCUT2D eigenvalue weighted by atomic mass is 32.2. The molecule has 0 unspecified atom stereocenters. The summed E-state index contributed by atoms with van der Waals surface area (Å²) in [5.74, 6) is 0. The molecule has 0 amide bonds. The largest absolute Gasteiger partial charge is 0.298 e. The van der Waals surface area contributed by atoms with Crippen LogP contribution >= 0.6 is 0 Å². The van der Waals surface area contributed by atoms with Crippen LogP contribution in [0.25, 0.3) is 0 Å². The third-order valence-electron chi connectivity index (χ3n) is 2.81. The molecule has 0 radical (unpaired) electrons. The van der Waals surface area contributed by atoms with Gasteiger partial charge in [0.15, 0.2) is 0 Å². The third kappa shape index (κ3) is 2.15. The fourth-order valence-electron chi connectivity index (χ4n) is 1.90. The van der Waals surface area contributed by atoms with Crippen LogP contribution in [0.4, 0.5) is 0 Å². The zero-order valence-corrected chi connectivity index (χ0v) is 9.83. The van der Waals surface area contributed by atoms with E-state index in [-0.39, 0.29) is 0 Å². The molecule has 0 spiro atoms. The summed E-state index contributed by atoms with van der Waals surface area (Å²) in [5.41, 5.74) is 2.71. The quantitative estimate of drug-likeness (QED) is 0.718. The number of benzene rings is 1. The second-order valence-electron chi connectivity index (χ2n) is 3.99. The zero-order valence-electron chi connectivity index (χ0n) is 9.01. The lowest BCUT2D eigenvalue weighted by Crippen LogP contribution is -2.35. The van der Waals surface area contributed by atoms with E-state index in [1.54, 1.807) is 6.07 Å². The van der Waals surface area contributed by atoms with Crippen molar-refractivity contribution in [1.29, 1.82) is 0 Å². The van der Waals surface area contributed by atoms with Crippen molar-refractivity contribution in [2.45, 2.75) is 13.0 Å². The molecule has 1 aromatic rings. The summed E-state index contributed by atoms with van der Waals surface area (Å²) in [6.07, 6.45) is 2.70. The number of carbonyl (C=O) groups excluding carboxylic acids is 1. The molecule has 1 heterocycles. The molecule has 5 heteroatoms. The number of rotatable bonds is 2. The molecule has 0 fully saturated rings. The van der Waals surface area contributed by atoms with Crippen LogP contribution in [-0.4, -0.2) is 31.8 Å². The molecule has 1 aliphatic heterocycles. The Kier molecular flexibility index (Phi) is 2.82. The van der Waals surface area contributed by atoms with Gasteiger partial charge in [0.2, 0.25) is 10.0 Å². The Morgan fingerprint density at radius 3 is 2.69 bits per heavy atom. The summed E-state index contributed by atoms with van der Waals surface area (Å²) < 4.78 is 24.2. The standard InChI is InChI=1S/C11H13NO3S/c1-16(14,15)12-5-4-10-6-9(8-13)2-3-11(10)7-12/h2-3,6,8H,4-5,7H2,1H3. The highest BCUT2D eigenvalue weighted by Gasteiger charge is 2.22. The topological polar surface area (TPSA) is 54.5 Å². The van der Waals surface area contributed by atoms with Crippen LogP contribution < -0.4 is 0 Å². The lowest BCUT2D eigenvalue weighted by atomic mass is 9.99. The predicted molar refractivity (Wildman–Crippen MR) is 60.8 cm³/mol. The Morgan fingerprint density at radius 2 is 2.06 bits per heavy atom. The highest BCUT2D eigenvalue weighted by Crippen LogP contribution is 2.21. The van der Waals surface area contributed by atoms with Gasteiger partial charge in [-0.2, -0.15) is 4.31 Å². The second kappa shape index (κ2) is 3.99. The van der Waals surface area contributed by atoms with Crippen LogP contribution in [0, 0.1) is 0 Å². The van der Waals surface area contributed by atoms with Crippen molar-refractivity contribution in [2.24, 2.45) is 0 Å². The summed E-state index contributed by atoms with van der Waals surface area (Å²) in [4.78, 5) is 10.6. The minimum Gasteiger partial charge on any atom is -0.298 e. The highest BCUT2D eigenvalue weighted by molar-refractivity contribution is 7.88. The van der Waals surface area contributed by atoms with E-state index in [9.17, 15) is 13.2 Å². The molecule has 2 rings (SSSR count). The van der Waals surface area contributed by atoms with Crippen molar-refractivity contribution in [1.82, 2.24) is 4.31 Å². The van der Waals surface area contributed by atoms with E-state index in [1.165, 1.54) is 10.6 Å². The van der Waals surface area contributed by atoms with Crippen molar-refractivity contribution in [3.05, 3.63) is 34.9 Å². The summed E-state index contributed by atoms with van der Waals surface area (Å²) in [5, 5.41) is 0. The molecule has 16 heavy (non-hydrogen) atoms. The molecular formula is C11H13NO3S. The number of nitrogens with zero attached hydrogens (tertiary/aromatic N) is 1. The molecule has 0 N–H and O–H groups in total. The zero-order chi connectivity index (χ0) is 11.8. The summed E-state index contributed by atoms with van der Waals surface area (Å²) in [6.45, 7) is 0.904. The average Bonchev–Trinajstić information content (AvgIpc) is 2.26. The average molecular weight is 239 g/mol. The van der Waals surface area contributed by atoms with Gasteiger partial charge in [0.1, 0.15) is 6.29 Å². The van der Waals surface area contributed by atoms with E-state index in [0.29, 0.717) is 25.1 Å². The van der Waals surface area contributed by atoms with Gasteiger partial charge in [-0.15, -0.1) is 0 Å². The van der Waals surface area contributed by atoms with Gasteiger partial charge >= 0.3 is 0 Å². The molecular weight excluding hydrogens is 226 g/mol. The normalized spacial score (nSPS) is 16.8. The Balaban J connectivity index is 2.32. The Morgan fingerprint density at radius 1 is 1.31 bits per heavy atom. The van der Waals surface area contributed by atoms with Gasteiger partial charge < -0.3 is 0 Å². The number of hydrogen-bond acceptors (Lipinski definition) is 3. The maximum absolute atomic E-state index is 11.4. The first kappa shape index (κ1) is 11.3. The molecule has 4 nitrogen and oxygen atoms in total. The Labute approximate surface area is 94.9 Å². The minimum absolute atomic E-state index is 0.410. The van der Waals surface area contributed by atoms with Crippen LogP contribution in [0.5, 0.6) is 0 Å². The minimum atomic E-state index is -3.12. The summed E-state index contributed by atoms with van der Waals surface area (Å²) in [7, 11) is -3.12. The van der Waals surface area contributed by atoms with E-state index in [4.69, 9.17) is 0 Å². The molecule has 0 aromatic heterocycles. The van der Waals surface area contributed by atoms with Gasteiger partial charge in [-0.05, 0) is 23.6 Å². The third-order valence-corrected chi connectivity index (χ3v) is 4.06. The molecule has 1 aliphatic rings. The molecule has 0 bridgehead atoms. The van der Waals surface area contributed by atoms with E-state index in [2.05, 4.69) is 0 Å². The number of fused-ring (bicyclic) bond motifs is 1. The fourth-order valence-corrected chi connectivity index (χ4v) is 2.70. The Hall–Kier alpha value is -1.20. The van der Waals surface area contributed by atoms with E-state index in [0.717, 1.165) is 17.4 Å². The van der Waals surface area contributed by atoms with Crippen LogP contribution in [0.15, 0.2) is 18.2 Å². The summed E-state index contributed by atoms with van der Waals surface area (Å²) in [6, 6.07) is 5.38. The molecule has 0 atom stereocenters. The van der Waals surface area contributed by atoms with Crippen molar-refractivity contribution in [2.75, 3.05) is 12.8 Å². The molecule has 1 aromatic carbocycles. The first-order valence-electron chi connectivity index (χ1n) is 5.03. The van der Waals surface area contributed by atoms with Crippen molar-refractivity contribution in [3.63, 3.8) is 0 Å². The first-order valence-corrected chi connectivity index (χ1v) is 6.87. The van der Waals surface area contributed by atoms with Gasteiger partial charge in [0.05, 0.1) is 6.26 Å². The maximum atomic E-state index is 11.4. The lowest BCUT2D eigenvalue weighted by molar-refractivity contribution is 0.112. The van der Waals surface area contributed by atoms with E-state index in [1.807, 2.05) is 12.1 Å². The van der Waals surface area contributed by atoms with Gasteiger partial charge in [0.25, 0.3) is 0 Å². The summed E-state index contributed by atoms with van der Waals surface area (Å²) >= 11 is 0. The van der Waals surface area contributed by atoms with Crippen LogP contribution in [0.3, 0.4) is 0 Å². The van der Waals surface area contributed by atoms with Gasteiger partial charge in [0, 0.05) is 18.7 Å². The van der Waals surface area contributed by atoms with Crippen LogP contribution in [0.1, 0.15) is 21.5 Å². The SMILES string of the molecule is CS(=O)(=O)N1CCc2cc(C=O)ccc2C1. The van der Waals surface area contributed by atoms with Crippen LogP contribution in [0.2, 0.25) is 0 Å². The lowest BCUT2D eigenvalue weighted by Gasteiger charge is -2.26. The molecule has 86 valence electrons. The number of carbonyl (C=O) groups is 1. The first-order chi connectivity index (χ1) is 7.50. The molecule has 0 aliphatic carbocycles. The number of sulfonamides is 1. The maximum Gasteiger partial charge on any atom is 0.211 e. The number of hydrogen-bond donors (Lipinski definition) is 0. The van der Waals surface area contributed by atoms with Crippen molar-refractivity contribution < 1.29 is 13.2 Å². The van der Waals surface area contributed by atoms with Crippen molar-refractivity contribution in [3.8, 4) is 0 Å². The van der Waals surface area contributed by atoms with Crippen LogP contribution in [-0.2, 0) is 23.0 Å². The second-order valence-corrected chi connectivity index (χ2v) is 5.97. The fraction of sp³-hybridized carbons (Fsp3) is 0.364. The van der Waals surface area contributed by atoms with E-state index < -0.39 is 10.0 Å². The predicted octanol–water partition coefficient (Wildman–Crippen LogP) is 0.817. The molecule has 0 saturated carbocycles. The smallest absolute Gasteiger partial charge is 0.211 e. The Bertz CT molecular complexity index is 522. The van der Waals surface area contributed by atoms with Gasteiger partial charge in [-0.1, -0.05) is 12.1 Å². The van der Waals surface area contributed by atoms with E-state index >= 15 is 0 Å². The molecule has 0 saturated heterocycles. The van der Waals surface area contributed by atoms with Gasteiger partial charge in [-0.25, -0.2) is 8.42 Å². The van der Waals surface area contributed by atoms with Crippen molar-refractivity contribution >= 4 is 16.3 Å². The monoisotopic (exact) mass is 239 g/mol. The number of aldehydes is 1. The van der Waals surface area contributed by atoms with Gasteiger partial charge in [-0.3, -0.25) is 4.79 Å².